The predicted octanol–water partition coefficient (Wildman–Crippen LogP) is 7.35. The third kappa shape index (κ3) is 3.53. The van der Waals surface area contributed by atoms with Crippen molar-refractivity contribution in [1.29, 1.82) is 0 Å². The summed E-state index contributed by atoms with van der Waals surface area (Å²) in [7, 11) is 0. The second kappa shape index (κ2) is 7.19. The van der Waals surface area contributed by atoms with E-state index in [0.29, 0.717) is 5.92 Å². The van der Waals surface area contributed by atoms with E-state index in [1.807, 2.05) is 0 Å². The van der Waals surface area contributed by atoms with E-state index in [9.17, 15) is 0 Å². The molecule has 0 N–H and O–H groups in total. The van der Waals surface area contributed by atoms with Crippen LogP contribution in [0.1, 0.15) is 61.8 Å². The van der Waals surface area contributed by atoms with Gasteiger partial charge in [-0.05, 0) is 85.1 Å². The van der Waals surface area contributed by atoms with Crippen LogP contribution in [-0.2, 0) is 0 Å². The molecule has 0 amide bonds. The van der Waals surface area contributed by atoms with Crippen molar-refractivity contribution < 1.29 is 0 Å². The van der Waals surface area contributed by atoms with Crippen LogP contribution in [0.4, 0.5) is 0 Å². The smallest absolute Gasteiger partial charge is 0.0154 e. The molecule has 0 heterocycles. The molecule has 2 aromatic rings. The monoisotopic (exact) mass is 352 g/mol. The standard InChI is InChI=1S/C24H32S/c1-14-10-16(3)22(17(4)11-14)20-8-7-9-21(24(20)25)23-18(5)12-15(2)13-19(23)6/h7-11,15,18-19,23,25H,12-13H2,1-6H3/t15?,18-,19?,23?/m0/s1. The van der Waals surface area contributed by atoms with Crippen molar-refractivity contribution in [2.75, 3.05) is 0 Å². The van der Waals surface area contributed by atoms with Gasteiger partial charge in [-0.25, -0.2) is 0 Å². The zero-order chi connectivity index (χ0) is 18.3. The van der Waals surface area contributed by atoms with Crippen LogP contribution in [0.5, 0.6) is 0 Å². The van der Waals surface area contributed by atoms with Gasteiger partial charge in [-0.1, -0.05) is 56.7 Å². The van der Waals surface area contributed by atoms with Crippen LogP contribution in [0.15, 0.2) is 35.2 Å². The van der Waals surface area contributed by atoms with E-state index in [1.54, 1.807) is 0 Å². The molecule has 134 valence electrons. The second-order valence-electron chi connectivity index (χ2n) is 8.57. The van der Waals surface area contributed by atoms with Crippen molar-refractivity contribution in [3.63, 3.8) is 0 Å². The Morgan fingerprint density at radius 2 is 1.44 bits per heavy atom. The molecule has 3 rings (SSSR count). The molecule has 0 spiro atoms. The van der Waals surface area contributed by atoms with Crippen molar-refractivity contribution in [3.05, 3.63) is 52.6 Å². The molecule has 0 aromatic heterocycles. The normalized spacial score (nSPS) is 26.7. The number of hydrogen-bond donors (Lipinski definition) is 1. The van der Waals surface area contributed by atoms with Gasteiger partial charge < -0.3 is 0 Å². The first-order valence-corrected chi connectivity index (χ1v) is 10.1. The molecule has 1 fully saturated rings. The van der Waals surface area contributed by atoms with E-state index in [4.69, 9.17) is 12.6 Å². The molecule has 4 atom stereocenters. The molecule has 3 unspecified atom stereocenters. The van der Waals surface area contributed by atoms with Gasteiger partial charge in [0.1, 0.15) is 0 Å². The van der Waals surface area contributed by atoms with Gasteiger partial charge in [-0.3, -0.25) is 0 Å². The average Bonchev–Trinajstić information content (AvgIpc) is 2.48. The van der Waals surface area contributed by atoms with Gasteiger partial charge >= 0.3 is 0 Å². The summed E-state index contributed by atoms with van der Waals surface area (Å²) >= 11 is 5.06. The van der Waals surface area contributed by atoms with Crippen molar-refractivity contribution >= 4 is 12.6 Å². The van der Waals surface area contributed by atoms with Crippen molar-refractivity contribution in [2.45, 2.75) is 65.2 Å². The summed E-state index contributed by atoms with van der Waals surface area (Å²) in [4.78, 5) is 1.19. The summed E-state index contributed by atoms with van der Waals surface area (Å²) in [5.41, 5.74) is 8.15. The lowest BCUT2D eigenvalue weighted by Gasteiger charge is -2.39. The number of thiol groups is 1. The Kier molecular flexibility index (Phi) is 5.34. The van der Waals surface area contributed by atoms with Crippen molar-refractivity contribution in [2.24, 2.45) is 17.8 Å². The van der Waals surface area contributed by atoms with Crippen LogP contribution >= 0.6 is 12.6 Å². The Hall–Kier alpha value is -1.21. The van der Waals surface area contributed by atoms with E-state index >= 15 is 0 Å². The van der Waals surface area contributed by atoms with Gasteiger partial charge in [0, 0.05) is 4.90 Å². The van der Waals surface area contributed by atoms with E-state index in [2.05, 4.69) is 71.9 Å². The lowest BCUT2D eigenvalue weighted by atomic mass is 9.67. The maximum Gasteiger partial charge on any atom is 0.0154 e. The molecule has 1 saturated carbocycles. The zero-order valence-corrected chi connectivity index (χ0v) is 17.5. The number of rotatable bonds is 2. The van der Waals surface area contributed by atoms with Gasteiger partial charge in [0.2, 0.25) is 0 Å². The number of aryl methyl sites for hydroxylation is 3. The van der Waals surface area contributed by atoms with Crippen LogP contribution in [0.3, 0.4) is 0 Å². The first-order chi connectivity index (χ1) is 11.8. The largest absolute Gasteiger partial charge is 0.142 e. The van der Waals surface area contributed by atoms with E-state index in [0.717, 1.165) is 17.8 Å². The molecule has 2 aromatic carbocycles. The molecule has 0 radical (unpaired) electrons. The molecular formula is C24H32S. The van der Waals surface area contributed by atoms with Gasteiger partial charge in [0.05, 0.1) is 0 Å². The molecule has 1 aliphatic carbocycles. The molecule has 0 bridgehead atoms. The Labute approximate surface area is 159 Å². The predicted molar refractivity (Wildman–Crippen MR) is 113 cm³/mol. The summed E-state index contributed by atoms with van der Waals surface area (Å²) in [6.07, 6.45) is 2.66. The molecule has 0 nitrogen and oxygen atoms in total. The topological polar surface area (TPSA) is 0 Å². The lowest BCUT2D eigenvalue weighted by Crippen LogP contribution is -2.27. The zero-order valence-electron chi connectivity index (χ0n) is 16.6. The van der Waals surface area contributed by atoms with Gasteiger partial charge in [-0.15, -0.1) is 12.6 Å². The van der Waals surface area contributed by atoms with E-state index < -0.39 is 0 Å². The highest BCUT2D eigenvalue weighted by Crippen LogP contribution is 2.47. The summed E-state index contributed by atoms with van der Waals surface area (Å²) in [6.45, 7) is 13.9. The highest BCUT2D eigenvalue weighted by molar-refractivity contribution is 7.80. The Balaban J connectivity index is 2.10. The molecule has 0 saturated heterocycles. The fourth-order valence-electron chi connectivity index (χ4n) is 5.47. The molecular weight excluding hydrogens is 320 g/mol. The van der Waals surface area contributed by atoms with Crippen molar-refractivity contribution in [1.82, 2.24) is 0 Å². The average molecular weight is 353 g/mol. The Morgan fingerprint density at radius 1 is 0.880 bits per heavy atom. The van der Waals surface area contributed by atoms with Crippen LogP contribution in [0.2, 0.25) is 0 Å². The fourth-order valence-corrected chi connectivity index (χ4v) is 5.88. The highest BCUT2D eigenvalue weighted by Gasteiger charge is 2.33. The third-order valence-electron chi connectivity index (χ3n) is 6.15. The number of hydrogen-bond acceptors (Lipinski definition) is 1. The first kappa shape index (κ1) is 18.6. The van der Waals surface area contributed by atoms with Crippen LogP contribution in [-0.4, -0.2) is 0 Å². The first-order valence-electron chi connectivity index (χ1n) is 9.69. The van der Waals surface area contributed by atoms with Crippen LogP contribution in [0.25, 0.3) is 11.1 Å². The molecule has 25 heavy (non-hydrogen) atoms. The SMILES string of the molecule is Cc1cc(C)c(-c2cccc(C3C(C)CC(C)C[C@@H]3C)c2S)c(C)c1. The highest BCUT2D eigenvalue weighted by atomic mass is 32.1. The summed E-state index contributed by atoms with van der Waals surface area (Å²) < 4.78 is 0. The maximum absolute atomic E-state index is 5.06. The van der Waals surface area contributed by atoms with Crippen LogP contribution < -0.4 is 0 Å². The minimum Gasteiger partial charge on any atom is -0.142 e. The third-order valence-corrected chi connectivity index (χ3v) is 6.65. The second-order valence-corrected chi connectivity index (χ2v) is 9.02. The van der Waals surface area contributed by atoms with Gasteiger partial charge in [0.25, 0.3) is 0 Å². The summed E-state index contributed by atoms with van der Waals surface area (Å²) in [6, 6.07) is 11.4. The Morgan fingerprint density at radius 3 is 2.00 bits per heavy atom. The van der Waals surface area contributed by atoms with Gasteiger partial charge in [0.15, 0.2) is 0 Å². The summed E-state index contributed by atoms with van der Waals surface area (Å²) in [5, 5.41) is 0. The van der Waals surface area contributed by atoms with Crippen LogP contribution in [0, 0.1) is 38.5 Å². The van der Waals surface area contributed by atoms with Crippen molar-refractivity contribution in [3.8, 4) is 11.1 Å². The fraction of sp³-hybridized carbons (Fsp3) is 0.500. The lowest BCUT2D eigenvalue weighted by molar-refractivity contribution is 0.191. The number of benzene rings is 2. The molecule has 1 heteroatoms. The summed E-state index contributed by atoms with van der Waals surface area (Å²) in [5.74, 6) is 2.91. The van der Waals surface area contributed by atoms with E-state index in [1.165, 1.54) is 51.1 Å². The minimum absolute atomic E-state index is 0.620. The Bertz CT molecular complexity index is 739. The molecule has 0 aliphatic heterocycles. The van der Waals surface area contributed by atoms with Gasteiger partial charge in [-0.2, -0.15) is 0 Å². The quantitative estimate of drug-likeness (QED) is 0.536. The molecule has 1 aliphatic rings. The maximum atomic E-state index is 5.06. The van der Waals surface area contributed by atoms with E-state index in [-0.39, 0.29) is 0 Å². The minimum atomic E-state index is 0.620.